The van der Waals surface area contributed by atoms with Gasteiger partial charge in [0.15, 0.2) is 10.4 Å². The van der Waals surface area contributed by atoms with Gasteiger partial charge >= 0.3 is 0 Å². The van der Waals surface area contributed by atoms with Crippen molar-refractivity contribution in [1.29, 1.82) is 0 Å². The second-order valence-corrected chi connectivity index (χ2v) is 5.39. The third kappa shape index (κ3) is 2.15. The highest BCUT2D eigenvalue weighted by Crippen LogP contribution is 2.19. The van der Waals surface area contributed by atoms with Crippen LogP contribution >= 0.6 is 24.0 Å². The fourth-order valence-electron chi connectivity index (χ4n) is 1.73. The van der Waals surface area contributed by atoms with E-state index in [9.17, 15) is 0 Å². The zero-order valence-corrected chi connectivity index (χ0v) is 11.1. The number of hydrogen-bond donors (Lipinski definition) is 1. The third-order valence-electron chi connectivity index (χ3n) is 2.48. The van der Waals surface area contributed by atoms with Gasteiger partial charge in [0, 0.05) is 18.0 Å². The molecule has 5 heteroatoms. The van der Waals surface area contributed by atoms with E-state index in [0.717, 1.165) is 27.4 Å². The monoisotopic (exact) mass is 253 g/mol. The first-order valence-electron chi connectivity index (χ1n) is 5.37. The fraction of sp³-hybridized carbons (Fsp3) is 0.455. The standard InChI is InChI=1S/C11H15N3S2/c1-3-16-7-8(2)14-10-9(13-11(14)15)5-4-6-12-10/h4-6,8H,3,7H2,1-2H3,(H,13,15). The van der Waals surface area contributed by atoms with Gasteiger partial charge in [-0.05, 0) is 37.0 Å². The molecule has 0 bridgehead atoms. The van der Waals surface area contributed by atoms with Gasteiger partial charge in [-0.15, -0.1) is 0 Å². The number of imidazole rings is 1. The molecular formula is C11H15N3S2. The van der Waals surface area contributed by atoms with Crippen LogP contribution in [0.2, 0.25) is 0 Å². The SMILES string of the molecule is CCSCC(C)n1c(=S)[nH]c2cccnc21. The molecule has 1 atom stereocenters. The Labute approximate surface area is 104 Å². The van der Waals surface area contributed by atoms with Crippen molar-refractivity contribution in [2.24, 2.45) is 0 Å². The zero-order chi connectivity index (χ0) is 11.5. The molecule has 0 aliphatic heterocycles. The number of aromatic amines is 1. The van der Waals surface area contributed by atoms with E-state index in [4.69, 9.17) is 12.2 Å². The lowest BCUT2D eigenvalue weighted by Crippen LogP contribution is -2.08. The van der Waals surface area contributed by atoms with Gasteiger partial charge in [-0.25, -0.2) is 4.98 Å². The predicted octanol–water partition coefficient (Wildman–Crippen LogP) is 3.41. The van der Waals surface area contributed by atoms with Gasteiger partial charge in [0.25, 0.3) is 0 Å². The Morgan fingerprint density at radius 3 is 3.19 bits per heavy atom. The van der Waals surface area contributed by atoms with E-state index in [1.807, 2.05) is 23.9 Å². The molecule has 0 amide bonds. The van der Waals surface area contributed by atoms with E-state index in [1.54, 1.807) is 6.20 Å². The summed E-state index contributed by atoms with van der Waals surface area (Å²) in [4.78, 5) is 7.58. The number of nitrogens with one attached hydrogen (secondary N) is 1. The maximum atomic E-state index is 5.34. The van der Waals surface area contributed by atoms with Crippen molar-refractivity contribution in [3.8, 4) is 0 Å². The summed E-state index contributed by atoms with van der Waals surface area (Å²) in [6.45, 7) is 4.35. The van der Waals surface area contributed by atoms with E-state index in [-0.39, 0.29) is 0 Å². The number of aromatic nitrogens is 3. The number of nitrogens with zero attached hydrogens (tertiary/aromatic N) is 2. The molecule has 0 aromatic carbocycles. The smallest absolute Gasteiger partial charge is 0.179 e. The van der Waals surface area contributed by atoms with E-state index < -0.39 is 0 Å². The van der Waals surface area contributed by atoms with Crippen LogP contribution in [0.1, 0.15) is 19.9 Å². The van der Waals surface area contributed by atoms with Crippen LogP contribution in [-0.2, 0) is 0 Å². The van der Waals surface area contributed by atoms with Crippen LogP contribution in [0.25, 0.3) is 11.2 Å². The number of H-pyrrole nitrogens is 1. The number of thioether (sulfide) groups is 1. The maximum Gasteiger partial charge on any atom is 0.179 e. The molecule has 2 aromatic heterocycles. The van der Waals surface area contributed by atoms with Gasteiger partial charge in [0.05, 0.1) is 5.52 Å². The molecule has 2 rings (SSSR count). The molecule has 1 N–H and O–H groups in total. The van der Waals surface area contributed by atoms with Gasteiger partial charge in [-0.1, -0.05) is 6.92 Å². The lowest BCUT2D eigenvalue weighted by Gasteiger charge is -2.12. The van der Waals surface area contributed by atoms with Crippen LogP contribution in [0.15, 0.2) is 18.3 Å². The van der Waals surface area contributed by atoms with Crippen molar-refractivity contribution >= 4 is 35.1 Å². The molecule has 3 nitrogen and oxygen atoms in total. The van der Waals surface area contributed by atoms with Crippen molar-refractivity contribution in [3.63, 3.8) is 0 Å². The maximum absolute atomic E-state index is 5.34. The van der Waals surface area contributed by atoms with Gasteiger partial charge in [-0.3, -0.25) is 4.57 Å². The molecule has 16 heavy (non-hydrogen) atoms. The molecule has 0 aliphatic rings. The second-order valence-electron chi connectivity index (χ2n) is 3.68. The molecular weight excluding hydrogens is 238 g/mol. The van der Waals surface area contributed by atoms with Gasteiger partial charge in [-0.2, -0.15) is 11.8 Å². The summed E-state index contributed by atoms with van der Waals surface area (Å²) < 4.78 is 2.87. The Morgan fingerprint density at radius 2 is 2.44 bits per heavy atom. The highest BCUT2D eigenvalue weighted by molar-refractivity contribution is 7.99. The minimum atomic E-state index is 0.376. The highest BCUT2D eigenvalue weighted by atomic mass is 32.2. The summed E-state index contributed by atoms with van der Waals surface area (Å²) >= 11 is 7.26. The summed E-state index contributed by atoms with van der Waals surface area (Å²) in [7, 11) is 0. The van der Waals surface area contributed by atoms with Crippen LogP contribution in [-0.4, -0.2) is 26.0 Å². The molecule has 0 aliphatic carbocycles. The molecule has 0 fully saturated rings. The lowest BCUT2D eigenvalue weighted by molar-refractivity contribution is 0.614. The van der Waals surface area contributed by atoms with Gasteiger partial charge < -0.3 is 4.98 Å². The fourth-order valence-corrected chi connectivity index (χ4v) is 2.83. The van der Waals surface area contributed by atoms with Crippen LogP contribution in [0.3, 0.4) is 0 Å². The summed E-state index contributed by atoms with van der Waals surface area (Å²) in [5.41, 5.74) is 1.97. The van der Waals surface area contributed by atoms with Crippen LogP contribution in [0.5, 0.6) is 0 Å². The average Bonchev–Trinajstić information content (AvgIpc) is 2.62. The molecule has 1 unspecified atom stereocenters. The van der Waals surface area contributed by atoms with E-state index in [1.165, 1.54) is 0 Å². The van der Waals surface area contributed by atoms with Crippen LogP contribution in [0, 0.1) is 4.77 Å². The van der Waals surface area contributed by atoms with E-state index in [2.05, 4.69) is 28.4 Å². The van der Waals surface area contributed by atoms with Gasteiger partial charge in [0.2, 0.25) is 0 Å². The first kappa shape index (κ1) is 11.7. The minimum absolute atomic E-state index is 0.376. The Hall–Kier alpha value is -0.810. The molecule has 86 valence electrons. The molecule has 2 aromatic rings. The Bertz CT molecular complexity index is 529. The van der Waals surface area contributed by atoms with Crippen molar-refractivity contribution in [1.82, 2.24) is 14.5 Å². The normalized spacial score (nSPS) is 13.1. The summed E-state index contributed by atoms with van der Waals surface area (Å²) in [5, 5.41) is 0. The lowest BCUT2D eigenvalue weighted by atomic mass is 10.4. The van der Waals surface area contributed by atoms with Crippen LogP contribution in [0.4, 0.5) is 0 Å². The summed E-state index contributed by atoms with van der Waals surface area (Å²) in [6, 6.07) is 4.30. The quantitative estimate of drug-likeness (QED) is 0.848. The predicted molar refractivity (Wildman–Crippen MR) is 72.6 cm³/mol. The first-order valence-corrected chi connectivity index (χ1v) is 6.93. The van der Waals surface area contributed by atoms with Crippen molar-refractivity contribution in [2.45, 2.75) is 19.9 Å². The largest absolute Gasteiger partial charge is 0.329 e. The second kappa shape index (κ2) is 5.01. The Morgan fingerprint density at radius 1 is 1.62 bits per heavy atom. The molecule has 0 saturated carbocycles. The minimum Gasteiger partial charge on any atom is -0.329 e. The number of hydrogen-bond acceptors (Lipinski definition) is 3. The van der Waals surface area contributed by atoms with E-state index in [0.29, 0.717) is 6.04 Å². The molecule has 0 spiro atoms. The topological polar surface area (TPSA) is 33.6 Å². The third-order valence-corrected chi connectivity index (χ3v) is 3.90. The number of pyridine rings is 1. The molecule has 0 saturated heterocycles. The summed E-state index contributed by atoms with van der Waals surface area (Å²) in [5.74, 6) is 2.20. The Kier molecular flexibility index (Phi) is 3.66. The highest BCUT2D eigenvalue weighted by Gasteiger charge is 2.11. The Balaban J connectivity index is 2.43. The van der Waals surface area contributed by atoms with Crippen molar-refractivity contribution in [3.05, 3.63) is 23.1 Å². The van der Waals surface area contributed by atoms with Crippen molar-refractivity contribution < 1.29 is 0 Å². The average molecular weight is 253 g/mol. The number of fused-ring (bicyclic) bond motifs is 1. The summed E-state index contributed by atoms with van der Waals surface area (Å²) in [6.07, 6.45) is 1.81. The first-order chi connectivity index (χ1) is 7.74. The number of rotatable bonds is 4. The van der Waals surface area contributed by atoms with E-state index >= 15 is 0 Å². The van der Waals surface area contributed by atoms with Gasteiger partial charge in [0.1, 0.15) is 0 Å². The molecule has 0 radical (unpaired) electrons. The van der Waals surface area contributed by atoms with Crippen molar-refractivity contribution in [2.75, 3.05) is 11.5 Å². The zero-order valence-electron chi connectivity index (χ0n) is 9.43. The van der Waals surface area contributed by atoms with Crippen LogP contribution < -0.4 is 0 Å². The molecule has 2 heterocycles.